The molecule has 0 fully saturated rings. The van der Waals surface area contributed by atoms with Crippen LogP contribution in [-0.4, -0.2) is 22.9 Å². The lowest BCUT2D eigenvalue weighted by Gasteiger charge is -1.87. The molecule has 0 aliphatic carbocycles. The number of hydrogen-bond donors (Lipinski definition) is 0. The SMILES string of the molecule is O=Cc1ccc2nc(C(=O)CCl)oc2c1. The van der Waals surface area contributed by atoms with Crippen molar-refractivity contribution in [2.45, 2.75) is 0 Å². The van der Waals surface area contributed by atoms with E-state index < -0.39 is 0 Å². The first kappa shape index (κ1) is 9.86. The molecule has 2 rings (SSSR count). The molecule has 76 valence electrons. The first-order valence-corrected chi connectivity index (χ1v) is 4.73. The topological polar surface area (TPSA) is 60.2 Å². The second kappa shape index (κ2) is 3.82. The van der Waals surface area contributed by atoms with Crippen LogP contribution in [0, 0.1) is 0 Å². The molecular formula is C10H6ClNO3. The lowest BCUT2D eigenvalue weighted by Crippen LogP contribution is -1.99. The summed E-state index contributed by atoms with van der Waals surface area (Å²) in [7, 11) is 0. The van der Waals surface area contributed by atoms with E-state index in [2.05, 4.69) is 4.98 Å². The number of carbonyl (C=O) groups excluding carboxylic acids is 2. The molecule has 0 N–H and O–H groups in total. The molecule has 1 aromatic carbocycles. The van der Waals surface area contributed by atoms with Gasteiger partial charge >= 0.3 is 0 Å². The van der Waals surface area contributed by atoms with Crippen LogP contribution in [0.4, 0.5) is 0 Å². The van der Waals surface area contributed by atoms with Gasteiger partial charge in [-0.15, -0.1) is 11.6 Å². The number of aromatic nitrogens is 1. The number of carbonyl (C=O) groups is 2. The quantitative estimate of drug-likeness (QED) is 0.454. The highest BCUT2D eigenvalue weighted by atomic mass is 35.5. The summed E-state index contributed by atoms with van der Waals surface area (Å²) in [6.45, 7) is 0. The molecular weight excluding hydrogens is 218 g/mol. The Balaban J connectivity index is 2.55. The van der Waals surface area contributed by atoms with Crippen molar-refractivity contribution in [3.05, 3.63) is 29.7 Å². The number of Topliss-reactive ketones (excluding diaryl/α,β-unsaturated/α-hetero) is 1. The van der Waals surface area contributed by atoms with Crippen LogP contribution in [0.2, 0.25) is 0 Å². The van der Waals surface area contributed by atoms with E-state index >= 15 is 0 Å². The van der Waals surface area contributed by atoms with Gasteiger partial charge in [0.15, 0.2) is 5.58 Å². The van der Waals surface area contributed by atoms with Gasteiger partial charge in [-0.25, -0.2) is 4.98 Å². The van der Waals surface area contributed by atoms with Gasteiger partial charge in [0.1, 0.15) is 11.8 Å². The van der Waals surface area contributed by atoms with Gasteiger partial charge in [0.2, 0.25) is 5.78 Å². The molecule has 2 aromatic rings. The Morgan fingerprint density at radius 3 is 3.00 bits per heavy atom. The number of oxazole rings is 1. The zero-order valence-corrected chi connectivity index (χ0v) is 8.32. The first-order chi connectivity index (χ1) is 7.24. The van der Waals surface area contributed by atoms with E-state index in [4.69, 9.17) is 16.0 Å². The molecule has 0 amide bonds. The Labute approximate surface area is 89.8 Å². The van der Waals surface area contributed by atoms with Crippen LogP contribution < -0.4 is 0 Å². The molecule has 1 aromatic heterocycles. The molecule has 0 unspecified atom stereocenters. The van der Waals surface area contributed by atoms with Crippen molar-refractivity contribution in [2.75, 3.05) is 5.88 Å². The van der Waals surface area contributed by atoms with Crippen molar-refractivity contribution in [3.8, 4) is 0 Å². The number of fused-ring (bicyclic) bond motifs is 1. The third-order valence-corrected chi connectivity index (χ3v) is 2.15. The van der Waals surface area contributed by atoms with Gasteiger partial charge in [0, 0.05) is 5.56 Å². The Morgan fingerprint density at radius 1 is 1.53 bits per heavy atom. The number of alkyl halides is 1. The third kappa shape index (κ3) is 1.76. The highest BCUT2D eigenvalue weighted by Gasteiger charge is 2.12. The van der Waals surface area contributed by atoms with E-state index in [1.807, 2.05) is 0 Å². The summed E-state index contributed by atoms with van der Waals surface area (Å²) in [5.74, 6) is -0.573. The zero-order valence-electron chi connectivity index (χ0n) is 7.57. The number of hydrogen-bond acceptors (Lipinski definition) is 4. The van der Waals surface area contributed by atoms with Crippen LogP contribution in [0.3, 0.4) is 0 Å². The molecule has 1 heterocycles. The van der Waals surface area contributed by atoms with Gasteiger partial charge in [0.05, 0.1) is 5.88 Å². The Kier molecular flexibility index (Phi) is 2.51. The average molecular weight is 224 g/mol. The van der Waals surface area contributed by atoms with Crippen molar-refractivity contribution in [1.29, 1.82) is 0 Å². The molecule has 0 spiro atoms. The van der Waals surface area contributed by atoms with Gasteiger partial charge in [-0.2, -0.15) is 0 Å². The minimum atomic E-state index is -0.375. The van der Waals surface area contributed by atoms with Gasteiger partial charge < -0.3 is 4.42 Å². The Hall–Kier alpha value is -1.68. The molecule has 0 aliphatic heterocycles. The summed E-state index contributed by atoms with van der Waals surface area (Å²) in [6, 6.07) is 4.75. The van der Waals surface area contributed by atoms with Gasteiger partial charge in [-0.1, -0.05) is 0 Å². The second-order valence-corrected chi connectivity index (χ2v) is 3.19. The highest BCUT2D eigenvalue weighted by molar-refractivity contribution is 6.29. The van der Waals surface area contributed by atoms with Gasteiger partial charge in [-0.05, 0) is 18.2 Å². The van der Waals surface area contributed by atoms with E-state index in [0.717, 1.165) is 0 Å². The molecule has 15 heavy (non-hydrogen) atoms. The normalized spacial score (nSPS) is 10.5. The maximum absolute atomic E-state index is 11.2. The summed E-state index contributed by atoms with van der Waals surface area (Å²) in [6.07, 6.45) is 0.699. The summed E-state index contributed by atoms with van der Waals surface area (Å²) in [5.41, 5.74) is 1.42. The third-order valence-electron chi connectivity index (χ3n) is 1.91. The Bertz CT molecular complexity index is 532. The fraction of sp³-hybridized carbons (Fsp3) is 0.100. The van der Waals surface area contributed by atoms with Gasteiger partial charge in [0.25, 0.3) is 5.89 Å². The highest BCUT2D eigenvalue weighted by Crippen LogP contribution is 2.17. The van der Waals surface area contributed by atoms with Crippen molar-refractivity contribution >= 4 is 34.8 Å². The van der Waals surface area contributed by atoms with Crippen molar-refractivity contribution in [3.63, 3.8) is 0 Å². The number of aldehydes is 1. The molecule has 0 atom stereocenters. The zero-order chi connectivity index (χ0) is 10.8. The lowest BCUT2D eigenvalue weighted by molar-refractivity contribution is 0.0986. The van der Waals surface area contributed by atoms with E-state index in [9.17, 15) is 9.59 Å². The van der Waals surface area contributed by atoms with Crippen LogP contribution in [0.1, 0.15) is 21.0 Å². The summed E-state index contributed by atoms with van der Waals surface area (Å²) in [5, 5.41) is 0. The van der Waals surface area contributed by atoms with Crippen molar-refractivity contribution < 1.29 is 14.0 Å². The summed E-state index contributed by atoms with van der Waals surface area (Å²) in [4.78, 5) is 25.6. The molecule has 0 aliphatic rings. The van der Waals surface area contributed by atoms with Crippen molar-refractivity contribution in [2.24, 2.45) is 0 Å². The number of rotatable bonds is 3. The van der Waals surface area contributed by atoms with Crippen LogP contribution >= 0.6 is 11.6 Å². The lowest BCUT2D eigenvalue weighted by atomic mass is 10.2. The molecule has 0 saturated carbocycles. The average Bonchev–Trinajstić information content (AvgIpc) is 2.70. The van der Waals surface area contributed by atoms with E-state index in [1.54, 1.807) is 12.1 Å². The van der Waals surface area contributed by atoms with Gasteiger partial charge in [-0.3, -0.25) is 9.59 Å². The summed E-state index contributed by atoms with van der Waals surface area (Å²) >= 11 is 5.37. The smallest absolute Gasteiger partial charge is 0.265 e. The van der Waals surface area contributed by atoms with Crippen LogP contribution in [0.25, 0.3) is 11.1 Å². The second-order valence-electron chi connectivity index (χ2n) is 2.92. The molecule has 0 radical (unpaired) electrons. The molecule has 5 heteroatoms. The van der Waals surface area contributed by atoms with Crippen LogP contribution in [0.5, 0.6) is 0 Å². The van der Waals surface area contributed by atoms with E-state index in [-0.39, 0.29) is 17.6 Å². The van der Waals surface area contributed by atoms with Crippen molar-refractivity contribution in [1.82, 2.24) is 4.98 Å². The molecule has 4 nitrogen and oxygen atoms in total. The number of ketones is 1. The first-order valence-electron chi connectivity index (χ1n) is 4.19. The monoisotopic (exact) mass is 223 g/mol. The minimum absolute atomic E-state index is 0.0250. The number of halogens is 1. The predicted molar refractivity (Wildman–Crippen MR) is 54.4 cm³/mol. The maximum atomic E-state index is 11.2. The fourth-order valence-electron chi connectivity index (χ4n) is 1.19. The fourth-order valence-corrected chi connectivity index (χ4v) is 1.31. The minimum Gasteiger partial charge on any atom is -0.434 e. The van der Waals surface area contributed by atoms with E-state index in [1.165, 1.54) is 6.07 Å². The number of nitrogens with zero attached hydrogens (tertiary/aromatic N) is 1. The summed E-state index contributed by atoms with van der Waals surface area (Å²) < 4.78 is 5.16. The molecule has 0 saturated heterocycles. The predicted octanol–water partition coefficient (Wildman–Crippen LogP) is 2.06. The largest absolute Gasteiger partial charge is 0.434 e. The van der Waals surface area contributed by atoms with E-state index in [0.29, 0.717) is 22.9 Å². The van der Waals surface area contributed by atoms with Crippen LogP contribution in [0.15, 0.2) is 22.6 Å². The standard InChI is InChI=1S/C10H6ClNO3/c11-4-8(14)10-12-7-2-1-6(5-13)3-9(7)15-10/h1-3,5H,4H2. The van der Waals surface area contributed by atoms with Crippen LogP contribution in [-0.2, 0) is 0 Å². The number of benzene rings is 1. The molecule has 0 bridgehead atoms. The maximum Gasteiger partial charge on any atom is 0.265 e. The Morgan fingerprint density at radius 2 is 2.33 bits per heavy atom.